The summed E-state index contributed by atoms with van der Waals surface area (Å²) in [5.41, 5.74) is 0. The Kier molecular flexibility index (Phi) is 5.92. The topological polar surface area (TPSA) is 27.7 Å². The molecule has 0 aliphatic rings. The number of halogens is 1. The first-order valence-electron chi connectivity index (χ1n) is 2.88. The first-order chi connectivity index (χ1) is 4.68. The van der Waals surface area contributed by atoms with Crippen LogP contribution in [0.3, 0.4) is 0 Å². The summed E-state index contributed by atoms with van der Waals surface area (Å²) in [6.07, 6.45) is 0. The zero-order valence-electron chi connectivity index (χ0n) is 5.87. The van der Waals surface area contributed by atoms with Crippen molar-refractivity contribution in [1.82, 2.24) is 0 Å². The van der Waals surface area contributed by atoms with Crippen molar-refractivity contribution in [2.24, 2.45) is 0 Å². The van der Waals surface area contributed by atoms with E-state index in [0.717, 1.165) is 0 Å². The summed E-state index contributed by atoms with van der Waals surface area (Å²) in [5.74, 6) is 0. The Morgan fingerprint density at radius 2 is 1.70 bits per heavy atom. The lowest BCUT2D eigenvalue weighted by Gasteiger charge is -2.15. The summed E-state index contributed by atoms with van der Waals surface area (Å²) in [7, 11) is 0. The third-order valence-electron chi connectivity index (χ3n) is 0.659. The van der Waals surface area contributed by atoms with Gasteiger partial charge in [-0.25, -0.2) is 0 Å². The number of hydrogen-bond acceptors (Lipinski definition) is 4. The molecule has 0 saturated carbocycles. The molecule has 3 nitrogen and oxygen atoms in total. The minimum Gasteiger partial charge on any atom is -0.308 e. The Balaban J connectivity index is 3.83. The highest BCUT2D eigenvalue weighted by molar-refractivity contribution is 8.07. The van der Waals surface area contributed by atoms with E-state index in [9.17, 15) is 0 Å². The van der Waals surface area contributed by atoms with Crippen molar-refractivity contribution in [2.75, 3.05) is 13.2 Å². The van der Waals surface area contributed by atoms with Gasteiger partial charge >= 0.3 is 6.72 Å². The standard InChI is InChI=1S/C4H10ClO3PS/c1-3-6-9(10,8-5)7-4-2/h3-4H2,1-2H3. The molecule has 0 unspecified atom stereocenters. The van der Waals surface area contributed by atoms with Crippen LogP contribution in [0, 0.1) is 0 Å². The summed E-state index contributed by atoms with van der Waals surface area (Å²) in [6, 6.07) is 0. The summed E-state index contributed by atoms with van der Waals surface area (Å²) in [6.45, 7) is 1.90. The van der Waals surface area contributed by atoms with E-state index in [-0.39, 0.29) is 0 Å². The molecule has 0 amide bonds. The third kappa shape index (κ3) is 3.86. The van der Waals surface area contributed by atoms with Gasteiger partial charge in [-0.1, -0.05) is 0 Å². The van der Waals surface area contributed by atoms with Crippen molar-refractivity contribution in [3.8, 4) is 0 Å². The fraction of sp³-hybridized carbons (Fsp3) is 1.00. The number of rotatable bonds is 5. The lowest BCUT2D eigenvalue weighted by atomic mass is 10.9. The quantitative estimate of drug-likeness (QED) is 0.643. The van der Waals surface area contributed by atoms with E-state index in [1.807, 2.05) is 0 Å². The molecule has 0 saturated heterocycles. The van der Waals surface area contributed by atoms with Crippen LogP contribution in [0.5, 0.6) is 0 Å². The van der Waals surface area contributed by atoms with Gasteiger partial charge in [0.1, 0.15) is 0 Å². The van der Waals surface area contributed by atoms with Gasteiger partial charge in [-0.05, 0) is 25.7 Å². The van der Waals surface area contributed by atoms with Gasteiger partial charge in [-0.3, -0.25) is 0 Å². The van der Waals surface area contributed by atoms with Crippen LogP contribution in [-0.4, -0.2) is 13.2 Å². The van der Waals surface area contributed by atoms with Crippen molar-refractivity contribution >= 4 is 30.4 Å². The van der Waals surface area contributed by atoms with Crippen LogP contribution < -0.4 is 0 Å². The zero-order valence-corrected chi connectivity index (χ0v) is 8.34. The summed E-state index contributed by atoms with van der Waals surface area (Å²) in [4.78, 5) is 0. The second-order valence-corrected chi connectivity index (χ2v) is 4.66. The molecule has 0 bridgehead atoms. The van der Waals surface area contributed by atoms with Crippen LogP contribution in [0.15, 0.2) is 0 Å². The molecule has 0 rings (SSSR count). The monoisotopic (exact) mass is 204 g/mol. The van der Waals surface area contributed by atoms with Crippen molar-refractivity contribution in [2.45, 2.75) is 13.8 Å². The molecular weight excluding hydrogens is 195 g/mol. The Morgan fingerprint density at radius 1 is 1.30 bits per heavy atom. The minimum atomic E-state index is -2.60. The van der Waals surface area contributed by atoms with E-state index >= 15 is 0 Å². The normalized spacial score (nSPS) is 11.9. The first kappa shape index (κ1) is 10.8. The maximum Gasteiger partial charge on any atom is 0.343 e. The van der Waals surface area contributed by atoms with E-state index in [1.165, 1.54) is 0 Å². The molecular formula is C4H10ClO3PS. The molecule has 0 aliphatic carbocycles. The first-order valence-corrected chi connectivity index (χ1v) is 5.74. The van der Waals surface area contributed by atoms with Gasteiger partial charge in [-0.15, -0.1) is 0 Å². The smallest absolute Gasteiger partial charge is 0.308 e. The summed E-state index contributed by atoms with van der Waals surface area (Å²) in [5, 5.41) is 0. The second-order valence-electron chi connectivity index (χ2n) is 1.35. The van der Waals surface area contributed by atoms with E-state index in [1.54, 1.807) is 13.8 Å². The maximum absolute atomic E-state index is 5.06. The maximum atomic E-state index is 5.06. The average Bonchev–Trinajstić information content (AvgIpc) is 1.89. The summed E-state index contributed by atoms with van der Waals surface area (Å²) < 4.78 is 14.3. The van der Waals surface area contributed by atoms with Crippen molar-refractivity contribution in [3.05, 3.63) is 0 Å². The minimum absolute atomic E-state index is 0.448. The van der Waals surface area contributed by atoms with Crippen LogP contribution >= 0.6 is 18.6 Å². The van der Waals surface area contributed by atoms with Crippen LogP contribution in [-0.2, 0) is 24.9 Å². The summed E-state index contributed by atoms with van der Waals surface area (Å²) >= 11 is 9.88. The average molecular weight is 205 g/mol. The second kappa shape index (κ2) is 5.47. The molecule has 0 spiro atoms. The highest BCUT2D eigenvalue weighted by atomic mass is 35.5. The Hall–Kier alpha value is 0.820. The van der Waals surface area contributed by atoms with E-state index in [4.69, 9.17) is 32.7 Å². The van der Waals surface area contributed by atoms with Gasteiger partial charge in [0.25, 0.3) is 0 Å². The highest BCUT2D eigenvalue weighted by Gasteiger charge is 2.17. The van der Waals surface area contributed by atoms with Gasteiger partial charge in [0.2, 0.25) is 0 Å². The highest BCUT2D eigenvalue weighted by Crippen LogP contribution is 2.50. The Bertz CT molecular complexity index is 122. The molecule has 62 valence electrons. The molecule has 0 aliphatic heterocycles. The molecule has 0 aromatic carbocycles. The van der Waals surface area contributed by atoms with Crippen molar-refractivity contribution in [3.63, 3.8) is 0 Å². The van der Waals surface area contributed by atoms with Crippen LogP contribution in [0.4, 0.5) is 0 Å². The van der Waals surface area contributed by atoms with E-state index in [0.29, 0.717) is 13.2 Å². The molecule has 0 aromatic heterocycles. The fourth-order valence-corrected chi connectivity index (χ4v) is 2.05. The SMILES string of the molecule is CCOP(=S)(OCl)OCC. The van der Waals surface area contributed by atoms with Gasteiger partial charge in [0.05, 0.1) is 25.1 Å². The molecule has 0 aromatic rings. The molecule has 0 atom stereocenters. The molecule has 10 heavy (non-hydrogen) atoms. The zero-order chi connectivity index (χ0) is 8.04. The van der Waals surface area contributed by atoms with Gasteiger partial charge in [0.15, 0.2) is 0 Å². The molecule has 0 radical (unpaired) electrons. The fourth-order valence-electron chi connectivity index (χ4n) is 0.393. The third-order valence-corrected chi connectivity index (χ3v) is 3.62. The molecule has 0 N–H and O–H groups in total. The van der Waals surface area contributed by atoms with Gasteiger partial charge in [0, 0.05) is 0 Å². The molecule has 6 heteroatoms. The van der Waals surface area contributed by atoms with E-state index in [2.05, 4.69) is 4.08 Å². The largest absolute Gasteiger partial charge is 0.343 e. The van der Waals surface area contributed by atoms with Crippen LogP contribution in [0.1, 0.15) is 13.8 Å². The van der Waals surface area contributed by atoms with Crippen LogP contribution in [0.2, 0.25) is 0 Å². The van der Waals surface area contributed by atoms with Crippen molar-refractivity contribution < 1.29 is 13.1 Å². The predicted octanol–water partition coefficient (Wildman–Crippen LogP) is 2.45. The predicted molar refractivity (Wildman–Crippen MR) is 44.5 cm³/mol. The van der Waals surface area contributed by atoms with Crippen LogP contribution in [0.25, 0.3) is 0 Å². The lowest BCUT2D eigenvalue weighted by Crippen LogP contribution is -1.94. The lowest BCUT2D eigenvalue weighted by molar-refractivity contribution is 0.222. The molecule has 0 heterocycles. The van der Waals surface area contributed by atoms with E-state index < -0.39 is 6.72 Å². The Morgan fingerprint density at radius 3 is 1.90 bits per heavy atom. The van der Waals surface area contributed by atoms with Gasteiger partial charge < -0.3 is 9.05 Å². The molecule has 0 fully saturated rings. The van der Waals surface area contributed by atoms with Gasteiger partial charge in [-0.2, -0.15) is 4.08 Å². The Labute approximate surface area is 71.0 Å². The van der Waals surface area contributed by atoms with Crippen molar-refractivity contribution in [1.29, 1.82) is 0 Å². The number of hydrogen-bond donors (Lipinski definition) is 0.